The van der Waals surface area contributed by atoms with Crippen LogP contribution in [0.1, 0.15) is 33.2 Å². The molecule has 0 saturated carbocycles. The molecule has 4 heteroatoms. The average molecular weight is 287 g/mol. The van der Waals surface area contributed by atoms with Gasteiger partial charge < -0.3 is 9.30 Å². The van der Waals surface area contributed by atoms with Crippen LogP contribution in [0.3, 0.4) is 0 Å². The zero-order chi connectivity index (χ0) is 15.4. The number of hydrogen-bond donors (Lipinski definition) is 0. The molecule has 0 amide bonds. The van der Waals surface area contributed by atoms with Gasteiger partial charge in [-0.2, -0.15) is 0 Å². The summed E-state index contributed by atoms with van der Waals surface area (Å²) in [6.45, 7) is 6.23. The second-order valence-electron chi connectivity index (χ2n) is 5.64. The van der Waals surface area contributed by atoms with Crippen LogP contribution in [0, 0.1) is 5.92 Å². The van der Waals surface area contributed by atoms with Gasteiger partial charge in [-0.05, 0) is 36.8 Å². The van der Waals surface area contributed by atoms with Gasteiger partial charge in [0, 0.05) is 11.6 Å². The minimum atomic E-state index is -0.616. The van der Waals surface area contributed by atoms with Gasteiger partial charge in [0.2, 0.25) is 0 Å². The number of rotatable bonds is 5. The first-order valence-electron chi connectivity index (χ1n) is 7.27. The highest BCUT2D eigenvalue weighted by molar-refractivity contribution is 5.82. The number of carbonyl (C=O) groups excluding carboxylic acids is 1. The molecular weight excluding hydrogens is 266 g/mol. The van der Waals surface area contributed by atoms with Gasteiger partial charge in [0.05, 0.1) is 6.61 Å². The maximum absolute atomic E-state index is 12.4. The molecule has 0 spiro atoms. The molecule has 1 aromatic heterocycles. The second-order valence-corrected chi connectivity index (χ2v) is 5.64. The van der Waals surface area contributed by atoms with E-state index in [1.165, 1.54) is 4.57 Å². The summed E-state index contributed by atoms with van der Waals surface area (Å²) in [6.07, 6.45) is 2.48. The standard InChI is InChI=1S/C17H21NO3/c1-12(2)9-11-21-17(20)13(3)18-10-8-14-6-4-5-7-15(14)16(18)19/h4-8,10,12-13H,9,11H2,1-3H3. The Kier molecular flexibility index (Phi) is 4.78. The Morgan fingerprint density at radius 1 is 1.19 bits per heavy atom. The lowest BCUT2D eigenvalue weighted by Gasteiger charge is -2.15. The summed E-state index contributed by atoms with van der Waals surface area (Å²) < 4.78 is 6.67. The van der Waals surface area contributed by atoms with E-state index in [1.54, 1.807) is 19.2 Å². The lowest BCUT2D eigenvalue weighted by Crippen LogP contribution is -2.29. The van der Waals surface area contributed by atoms with Gasteiger partial charge in [-0.1, -0.05) is 32.0 Å². The van der Waals surface area contributed by atoms with Gasteiger partial charge in [-0.3, -0.25) is 4.79 Å². The number of hydrogen-bond acceptors (Lipinski definition) is 3. The molecule has 0 N–H and O–H groups in total. The van der Waals surface area contributed by atoms with Crippen molar-refractivity contribution in [3.05, 3.63) is 46.9 Å². The molecule has 1 atom stereocenters. The van der Waals surface area contributed by atoms with Crippen molar-refractivity contribution in [3.63, 3.8) is 0 Å². The Balaban J connectivity index is 2.19. The van der Waals surface area contributed by atoms with Crippen molar-refractivity contribution in [2.75, 3.05) is 6.61 Å². The van der Waals surface area contributed by atoms with E-state index in [-0.39, 0.29) is 11.5 Å². The molecule has 0 aliphatic rings. The van der Waals surface area contributed by atoms with Crippen LogP contribution < -0.4 is 5.56 Å². The number of benzene rings is 1. The van der Waals surface area contributed by atoms with E-state index < -0.39 is 6.04 Å². The number of nitrogens with zero attached hydrogens (tertiary/aromatic N) is 1. The normalized spacial score (nSPS) is 12.6. The summed E-state index contributed by atoms with van der Waals surface area (Å²) in [5.41, 5.74) is -0.165. The van der Waals surface area contributed by atoms with E-state index in [0.717, 1.165) is 11.8 Å². The Bertz CT molecular complexity index is 688. The Labute approximate surface area is 124 Å². The molecule has 2 rings (SSSR count). The van der Waals surface area contributed by atoms with Crippen LogP contribution in [0.4, 0.5) is 0 Å². The number of fused-ring (bicyclic) bond motifs is 1. The maximum Gasteiger partial charge on any atom is 0.328 e. The van der Waals surface area contributed by atoms with Crippen molar-refractivity contribution in [2.45, 2.75) is 33.2 Å². The fraction of sp³-hybridized carbons (Fsp3) is 0.412. The van der Waals surface area contributed by atoms with Crippen LogP contribution >= 0.6 is 0 Å². The molecule has 0 fully saturated rings. The second kappa shape index (κ2) is 6.57. The summed E-state index contributed by atoms with van der Waals surface area (Å²) >= 11 is 0. The van der Waals surface area contributed by atoms with Gasteiger partial charge in [-0.15, -0.1) is 0 Å². The summed E-state index contributed by atoms with van der Waals surface area (Å²) in [5, 5.41) is 1.49. The van der Waals surface area contributed by atoms with E-state index in [4.69, 9.17) is 4.74 Å². The van der Waals surface area contributed by atoms with Crippen LogP contribution in [0.25, 0.3) is 10.8 Å². The van der Waals surface area contributed by atoms with Gasteiger partial charge in [0.1, 0.15) is 6.04 Å². The van der Waals surface area contributed by atoms with Crippen LogP contribution in [0.5, 0.6) is 0 Å². The number of esters is 1. The highest BCUT2D eigenvalue weighted by Crippen LogP contribution is 2.12. The maximum atomic E-state index is 12.4. The minimum absolute atomic E-state index is 0.165. The zero-order valence-corrected chi connectivity index (χ0v) is 12.7. The van der Waals surface area contributed by atoms with Gasteiger partial charge in [0.25, 0.3) is 5.56 Å². The molecule has 0 saturated heterocycles. The monoisotopic (exact) mass is 287 g/mol. The van der Waals surface area contributed by atoms with Crippen LogP contribution in [-0.2, 0) is 9.53 Å². The molecule has 1 heterocycles. The molecule has 0 bridgehead atoms. The number of carbonyl (C=O) groups is 1. The summed E-state index contributed by atoms with van der Waals surface area (Å²) in [4.78, 5) is 24.4. The van der Waals surface area contributed by atoms with Crippen molar-refractivity contribution in [1.29, 1.82) is 0 Å². The van der Waals surface area contributed by atoms with Crippen molar-refractivity contribution < 1.29 is 9.53 Å². The summed E-state index contributed by atoms with van der Waals surface area (Å²) in [7, 11) is 0. The van der Waals surface area contributed by atoms with Crippen LogP contribution in [0.2, 0.25) is 0 Å². The summed E-state index contributed by atoms with van der Waals surface area (Å²) in [6, 6.07) is 8.58. The van der Waals surface area contributed by atoms with E-state index >= 15 is 0 Å². The highest BCUT2D eigenvalue weighted by atomic mass is 16.5. The first-order chi connectivity index (χ1) is 10.0. The molecule has 2 aromatic rings. The van der Waals surface area contributed by atoms with Gasteiger partial charge in [0.15, 0.2) is 0 Å². The largest absolute Gasteiger partial charge is 0.464 e. The predicted octanol–water partition coefficient (Wildman–Crippen LogP) is 3.15. The number of aromatic nitrogens is 1. The molecule has 21 heavy (non-hydrogen) atoms. The fourth-order valence-corrected chi connectivity index (χ4v) is 2.14. The zero-order valence-electron chi connectivity index (χ0n) is 12.7. The predicted molar refractivity (Wildman–Crippen MR) is 83.3 cm³/mol. The molecule has 4 nitrogen and oxygen atoms in total. The van der Waals surface area contributed by atoms with E-state index in [2.05, 4.69) is 13.8 Å². The first kappa shape index (κ1) is 15.3. The SMILES string of the molecule is CC(C)CCOC(=O)C(C)n1ccc2ccccc2c1=O. The van der Waals surface area contributed by atoms with Gasteiger partial charge >= 0.3 is 5.97 Å². The van der Waals surface area contributed by atoms with Crippen molar-refractivity contribution in [1.82, 2.24) is 4.57 Å². The average Bonchev–Trinajstić information content (AvgIpc) is 2.47. The molecule has 0 aliphatic carbocycles. The lowest BCUT2D eigenvalue weighted by atomic mass is 10.1. The van der Waals surface area contributed by atoms with E-state index in [9.17, 15) is 9.59 Å². The Hall–Kier alpha value is -2.10. The summed E-state index contributed by atoms with van der Waals surface area (Å²) in [5.74, 6) is 0.115. The molecule has 112 valence electrons. The fourth-order valence-electron chi connectivity index (χ4n) is 2.14. The van der Waals surface area contributed by atoms with Crippen molar-refractivity contribution >= 4 is 16.7 Å². The van der Waals surface area contributed by atoms with E-state index in [0.29, 0.717) is 17.9 Å². The molecule has 1 aromatic carbocycles. The van der Waals surface area contributed by atoms with Crippen molar-refractivity contribution in [3.8, 4) is 0 Å². The van der Waals surface area contributed by atoms with Crippen LogP contribution in [0.15, 0.2) is 41.3 Å². The Morgan fingerprint density at radius 3 is 2.62 bits per heavy atom. The topological polar surface area (TPSA) is 48.3 Å². The molecule has 0 radical (unpaired) electrons. The van der Waals surface area contributed by atoms with Crippen molar-refractivity contribution in [2.24, 2.45) is 5.92 Å². The smallest absolute Gasteiger partial charge is 0.328 e. The third kappa shape index (κ3) is 3.51. The third-order valence-electron chi connectivity index (χ3n) is 3.54. The highest BCUT2D eigenvalue weighted by Gasteiger charge is 2.18. The molecule has 0 aliphatic heterocycles. The Morgan fingerprint density at radius 2 is 1.90 bits per heavy atom. The lowest BCUT2D eigenvalue weighted by molar-refractivity contribution is -0.147. The van der Waals surface area contributed by atoms with Gasteiger partial charge in [-0.25, -0.2) is 4.79 Å². The third-order valence-corrected chi connectivity index (χ3v) is 3.54. The number of ether oxygens (including phenoxy) is 1. The first-order valence-corrected chi connectivity index (χ1v) is 7.27. The van der Waals surface area contributed by atoms with Crippen LogP contribution in [-0.4, -0.2) is 17.1 Å². The molecule has 1 unspecified atom stereocenters. The molecular formula is C17H21NO3. The minimum Gasteiger partial charge on any atom is -0.464 e. The number of pyridine rings is 1. The van der Waals surface area contributed by atoms with E-state index in [1.807, 2.05) is 24.3 Å². The quantitative estimate of drug-likeness (QED) is 0.794.